The zero-order chi connectivity index (χ0) is 28.7. The minimum Gasteiger partial charge on any atom is -0.493 e. The minimum atomic E-state index is -4.58. The fourth-order valence-corrected chi connectivity index (χ4v) is 3.85. The summed E-state index contributed by atoms with van der Waals surface area (Å²) in [6.07, 6.45) is -3.52. The first-order valence-electron chi connectivity index (χ1n) is 12.2. The first-order chi connectivity index (χ1) is 18.9. The van der Waals surface area contributed by atoms with E-state index < -0.39 is 29.1 Å². The van der Waals surface area contributed by atoms with E-state index in [0.717, 1.165) is 19.9 Å². The first kappa shape index (κ1) is 27.3. The molecule has 1 N–H and O–H groups in total. The molecule has 1 aliphatic heterocycles. The van der Waals surface area contributed by atoms with Crippen LogP contribution in [0.4, 0.5) is 23.4 Å². The number of hydrogen-bond donors (Lipinski definition) is 1. The van der Waals surface area contributed by atoms with Gasteiger partial charge in [0.05, 0.1) is 49.7 Å². The third kappa shape index (κ3) is 5.41. The number of fused-ring (bicyclic) bond motifs is 1. The monoisotopic (exact) mass is 560 g/mol. The van der Waals surface area contributed by atoms with Crippen molar-refractivity contribution in [3.05, 3.63) is 59.7 Å². The summed E-state index contributed by atoms with van der Waals surface area (Å²) >= 11 is 0. The summed E-state index contributed by atoms with van der Waals surface area (Å²) in [5.41, 5.74) is -0.342. The number of nitrogens with one attached hydrogen (secondary N) is 1. The van der Waals surface area contributed by atoms with Gasteiger partial charge in [-0.1, -0.05) is 17.3 Å². The Morgan fingerprint density at radius 3 is 2.50 bits per heavy atom. The standard InChI is InChI=1S/C27H24F4N4O5/c1-26(2,27(29,30)31)23-10-24(35-40-23)34-25(36)7-14-4-5-15(6-17(14)28)20-11-32-18-8-22(39-16-12-38-13-16)21(37-3)9-19(18)33-20/h4-6,8-11,16H,7,12-13H2,1-3H3,(H,34,35,36). The number of hydrogen-bond acceptors (Lipinski definition) is 8. The fourth-order valence-electron chi connectivity index (χ4n) is 3.85. The number of carbonyl (C=O) groups excluding carboxylic acids is 1. The molecule has 5 rings (SSSR count). The number of carbonyl (C=O) groups is 1. The zero-order valence-electron chi connectivity index (χ0n) is 21.6. The first-order valence-corrected chi connectivity index (χ1v) is 12.2. The lowest BCUT2D eigenvalue weighted by atomic mass is 9.89. The number of halogens is 4. The van der Waals surface area contributed by atoms with Crippen molar-refractivity contribution in [3.63, 3.8) is 0 Å². The van der Waals surface area contributed by atoms with E-state index in [-0.39, 0.29) is 23.9 Å². The van der Waals surface area contributed by atoms with Crippen LogP contribution in [0.3, 0.4) is 0 Å². The van der Waals surface area contributed by atoms with Gasteiger partial charge in [-0.2, -0.15) is 13.2 Å². The molecular weight excluding hydrogens is 536 g/mol. The van der Waals surface area contributed by atoms with E-state index in [1.165, 1.54) is 25.4 Å². The number of methoxy groups -OCH3 is 1. The molecule has 2 aromatic carbocycles. The number of alkyl halides is 3. The molecule has 0 aliphatic carbocycles. The van der Waals surface area contributed by atoms with Gasteiger partial charge in [-0.15, -0.1) is 0 Å². The Morgan fingerprint density at radius 2 is 1.85 bits per heavy atom. The molecule has 4 aromatic rings. The highest BCUT2D eigenvalue weighted by molar-refractivity contribution is 5.91. The minimum absolute atomic E-state index is 0.0582. The van der Waals surface area contributed by atoms with Gasteiger partial charge in [-0.25, -0.2) is 9.37 Å². The van der Waals surface area contributed by atoms with Gasteiger partial charge in [0.2, 0.25) is 5.91 Å². The number of ether oxygens (including phenoxy) is 3. The van der Waals surface area contributed by atoms with E-state index in [9.17, 15) is 22.4 Å². The molecule has 0 radical (unpaired) electrons. The molecule has 210 valence electrons. The zero-order valence-corrected chi connectivity index (χ0v) is 21.6. The second kappa shape index (κ2) is 10.4. The van der Waals surface area contributed by atoms with Gasteiger partial charge < -0.3 is 24.1 Å². The lowest BCUT2D eigenvalue weighted by molar-refractivity contribution is -0.185. The second-order valence-electron chi connectivity index (χ2n) is 9.75. The summed E-state index contributed by atoms with van der Waals surface area (Å²) in [5, 5.41) is 5.81. The van der Waals surface area contributed by atoms with E-state index >= 15 is 0 Å². The van der Waals surface area contributed by atoms with E-state index in [4.69, 9.17) is 18.7 Å². The fraction of sp³-hybridized carbons (Fsp3) is 0.333. The van der Waals surface area contributed by atoms with Crippen LogP contribution in [0.25, 0.3) is 22.3 Å². The largest absolute Gasteiger partial charge is 0.493 e. The highest BCUT2D eigenvalue weighted by atomic mass is 19.4. The summed E-state index contributed by atoms with van der Waals surface area (Å²) in [6.45, 7) is 2.86. The molecule has 1 amide bonds. The predicted molar refractivity (Wildman–Crippen MR) is 135 cm³/mol. The maximum absolute atomic E-state index is 14.9. The Kier molecular flexibility index (Phi) is 7.08. The number of aromatic nitrogens is 3. The highest BCUT2D eigenvalue weighted by Crippen LogP contribution is 2.41. The third-order valence-electron chi connectivity index (χ3n) is 6.53. The number of benzene rings is 2. The van der Waals surface area contributed by atoms with E-state index in [1.807, 2.05) is 0 Å². The van der Waals surface area contributed by atoms with Crippen molar-refractivity contribution in [2.45, 2.75) is 38.0 Å². The van der Waals surface area contributed by atoms with Crippen LogP contribution in [0, 0.1) is 5.82 Å². The number of anilines is 1. The maximum atomic E-state index is 14.9. The molecule has 3 heterocycles. The van der Waals surface area contributed by atoms with Crippen LogP contribution in [-0.4, -0.2) is 53.6 Å². The van der Waals surface area contributed by atoms with Crippen LogP contribution in [0.15, 0.2) is 47.1 Å². The maximum Gasteiger partial charge on any atom is 0.401 e. The molecule has 0 bridgehead atoms. The van der Waals surface area contributed by atoms with Crippen molar-refractivity contribution in [1.82, 2.24) is 15.1 Å². The molecule has 2 aromatic heterocycles. The van der Waals surface area contributed by atoms with Gasteiger partial charge in [0, 0.05) is 23.8 Å². The van der Waals surface area contributed by atoms with Gasteiger partial charge in [-0.05, 0) is 25.5 Å². The molecule has 9 nitrogen and oxygen atoms in total. The van der Waals surface area contributed by atoms with Crippen LogP contribution in [0.5, 0.6) is 11.5 Å². The number of amides is 1. The Hall–Kier alpha value is -4.26. The summed E-state index contributed by atoms with van der Waals surface area (Å²) in [4.78, 5) is 21.4. The van der Waals surface area contributed by atoms with Crippen LogP contribution >= 0.6 is 0 Å². The van der Waals surface area contributed by atoms with Crippen LogP contribution in [-0.2, 0) is 21.4 Å². The van der Waals surface area contributed by atoms with Crippen LogP contribution in [0.2, 0.25) is 0 Å². The van der Waals surface area contributed by atoms with Gasteiger partial charge in [0.1, 0.15) is 17.3 Å². The van der Waals surface area contributed by atoms with Crippen molar-refractivity contribution < 1.29 is 41.1 Å². The summed E-state index contributed by atoms with van der Waals surface area (Å²) < 4.78 is 75.8. The Balaban J connectivity index is 1.29. The Bertz CT molecular complexity index is 1570. The molecule has 1 aliphatic rings. The lowest BCUT2D eigenvalue weighted by Gasteiger charge is -2.27. The molecule has 1 fully saturated rings. The molecule has 0 spiro atoms. The van der Waals surface area contributed by atoms with E-state index in [2.05, 4.69) is 20.4 Å². The SMILES string of the molecule is COc1cc2nc(-c3ccc(CC(=O)Nc4cc(C(C)(C)C(F)(F)F)on4)c(F)c3)cnc2cc1OC1COC1. The highest BCUT2D eigenvalue weighted by Gasteiger charge is 2.51. The third-order valence-corrected chi connectivity index (χ3v) is 6.53. The predicted octanol–water partition coefficient (Wildman–Crippen LogP) is 5.23. The Morgan fingerprint density at radius 1 is 1.10 bits per heavy atom. The average molecular weight is 561 g/mol. The van der Waals surface area contributed by atoms with Crippen LogP contribution < -0.4 is 14.8 Å². The van der Waals surface area contributed by atoms with Crippen molar-refractivity contribution in [1.29, 1.82) is 0 Å². The van der Waals surface area contributed by atoms with Crippen molar-refractivity contribution in [2.24, 2.45) is 0 Å². The molecule has 1 saturated heterocycles. The van der Waals surface area contributed by atoms with Gasteiger partial charge in [0.15, 0.2) is 23.1 Å². The quantitative estimate of drug-likeness (QED) is 0.292. The molecule has 0 atom stereocenters. The van der Waals surface area contributed by atoms with Gasteiger partial charge >= 0.3 is 6.18 Å². The van der Waals surface area contributed by atoms with Gasteiger partial charge in [0.25, 0.3) is 0 Å². The Labute approximate surface area is 225 Å². The van der Waals surface area contributed by atoms with Crippen molar-refractivity contribution in [2.75, 3.05) is 25.6 Å². The van der Waals surface area contributed by atoms with Gasteiger partial charge in [-0.3, -0.25) is 9.78 Å². The average Bonchev–Trinajstić information content (AvgIpc) is 3.35. The van der Waals surface area contributed by atoms with Crippen molar-refractivity contribution in [3.8, 4) is 22.8 Å². The van der Waals surface area contributed by atoms with Crippen LogP contribution in [0.1, 0.15) is 25.2 Å². The molecular formula is C27H24F4N4O5. The molecule has 40 heavy (non-hydrogen) atoms. The van der Waals surface area contributed by atoms with Crippen molar-refractivity contribution >= 4 is 22.8 Å². The number of rotatable bonds is 8. The molecule has 13 heteroatoms. The van der Waals surface area contributed by atoms with E-state index in [1.54, 1.807) is 18.2 Å². The number of nitrogens with zero attached hydrogens (tertiary/aromatic N) is 3. The summed E-state index contributed by atoms with van der Waals surface area (Å²) in [7, 11) is 1.51. The summed E-state index contributed by atoms with van der Waals surface area (Å²) in [5.74, 6) is -1.02. The topological polar surface area (TPSA) is 109 Å². The second-order valence-corrected chi connectivity index (χ2v) is 9.75. The molecule has 0 unspecified atom stereocenters. The smallest absolute Gasteiger partial charge is 0.401 e. The molecule has 0 saturated carbocycles. The van der Waals surface area contributed by atoms with E-state index in [0.29, 0.717) is 47.0 Å². The lowest BCUT2D eigenvalue weighted by Crippen LogP contribution is -2.38. The summed E-state index contributed by atoms with van der Waals surface area (Å²) in [6, 6.07) is 8.63. The normalized spacial score (nSPS) is 14.2.